The van der Waals surface area contributed by atoms with Gasteiger partial charge in [-0.2, -0.15) is 0 Å². The van der Waals surface area contributed by atoms with Crippen molar-refractivity contribution >= 4 is 35.0 Å². The van der Waals surface area contributed by atoms with E-state index in [1.807, 2.05) is 50.2 Å². The van der Waals surface area contributed by atoms with Gasteiger partial charge in [0.15, 0.2) is 0 Å². The smallest absolute Gasteiger partial charge is 0.238 e. The molecule has 1 N–H and O–H groups in total. The molecule has 3 rings (SSSR count). The minimum atomic E-state index is -0.264. The molecule has 29 heavy (non-hydrogen) atoms. The number of anilines is 2. The van der Waals surface area contributed by atoms with Crippen LogP contribution in [0.5, 0.6) is 11.5 Å². The summed E-state index contributed by atoms with van der Waals surface area (Å²) in [5.41, 5.74) is 2.29. The van der Waals surface area contributed by atoms with Crippen LogP contribution in [0, 0.1) is 5.92 Å². The van der Waals surface area contributed by atoms with E-state index in [0.717, 1.165) is 11.3 Å². The molecular weight excluding hydrogens is 388 g/mol. The second-order valence-corrected chi connectivity index (χ2v) is 8.27. The largest absolute Gasteiger partial charge is 0.497 e. The van der Waals surface area contributed by atoms with E-state index < -0.39 is 0 Å². The molecule has 0 unspecified atom stereocenters. The number of nitrogens with one attached hydrogen (secondary N) is 1. The molecule has 0 radical (unpaired) electrons. The Kier molecular flexibility index (Phi) is 6.69. The molecule has 6 nitrogen and oxygen atoms in total. The van der Waals surface area contributed by atoms with Crippen LogP contribution in [0.1, 0.15) is 31.2 Å². The minimum Gasteiger partial charge on any atom is -0.497 e. The van der Waals surface area contributed by atoms with Gasteiger partial charge in [0.25, 0.3) is 0 Å². The van der Waals surface area contributed by atoms with Crippen molar-refractivity contribution in [2.24, 2.45) is 5.92 Å². The molecule has 2 aromatic rings. The van der Waals surface area contributed by atoms with E-state index >= 15 is 0 Å². The molecule has 154 valence electrons. The molecule has 0 aliphatic carbocycles. The van der Waals surface area contributed by atoms with Crippen molar-refractivity contribution in [3.63, 3.8) is 0 Å². The predicted octanol–water partition coefficient (Wildman–Crippen LogP) is 4.47. The first-order chi connectivity index (χ1) is 13.9. The zero-order chi connectivity index (χ0) is 21.0. The van der Waals surface area contributed by atoms with Crippen LogP contribution in [0.3, 0.4) is 0 Å². The maximum atomic E-state index is 12.8. The van der Waals surface area contributed by atoms with Gasteiger partial charge in [-0.25, -0.2) is 0 Å². The van der Waals surface area contributed by atoms with E-state index in [9.17, 15) is 9.59 Å². The molecule has 1 aliphatic heterocycles. The first-order valence-electron chi connectivity index (χ1n) is 9.49. The maximum Gasteiger partial charge on any atom is 0.238 e. The summed E-state index contributed by atoms with van der Waals surface area (Å²) < 4.78 is 10.8. The number of para-hydroxylation sites is 1. The first-order valence-corrected chi connectivity index (χ1v) is 10.5. The molecule has 0 saturated carbocycles. The third-order valence-corrected chi connectivity index (χ3v) is 5.80. The molecule has 1 heterocycles. The summed E-state index contributed by atoms with van der Waals surface area (Å²) in [4.78, 5) is 26.9. The highest BCUT2D eigenvalue weighted by Crippen LogP contribution is 2.47. The monoisotopic (exact) mass is 414 g/mol. The Morgan fingerprint density at radius 1 is 1.21 bits per heavy atom. The standard InChI is InChI=1S/C22H26N2O4S/c1-14(2)11-20(25)23-17-8-6-5-7-16(17)22-24(21(26)13-29-22)18-10-9-15(27-3)12-19(18)28-4/h5-10,12,14,22H,11,13H2,1-4H3,(H,23,25)/t22-/m0/s1. The molecule has 0 spiro atoms. The SMILES string of the molecule is COc1ccc(N2C(=O)CS[C@H]2c2ccccc2NC(=O)CC(C)C)c(OC)c1. The Bertz CT molecular complexity index is 900. The first kappa shape index (κ1) is 21.0. The summed E-state index contributed by atoms with van der Waals surface area (Å²) >= 11 is 1.53. The Labute approximate surface area is 175 Å². The molecule has 0 aromatic heterocycles. The van der Waals surface area contributed by atoms with Gasteiger partial charge in [-0.1, -0.05) is 32.0 Å². The van der Waals surface area contributed by atoms with Crippen molar-refractivity contribution in [2.45, 2.75) is 25.6 Å². The summed E-state index contributed by atoms with van der Waals surface area (Å²) in [5, 5.41) is 2.75. The Morgan fingerprint density at radius 2 is 1.97 bits per heavy atom. The van der Waals surface area contributed by atoms with Crippen LogP contribution in [0.25, 0.3) is 0 Å². The van der Waals surface area contributed by atoms with E-state index in [1.54, 1.807) is 25.2 Å². The van der Waals surface area contributed by atoms with Crippen LogP contribution in [0.4, 0.5) is 11.4 Å². The summed E-state index contributed by atoms with van der Waals surface area (Å²) in [6, 6.07) is 13.0. The van der Waals surface area contributed by atoms with Gasteiger partial charge in [0.2, 0.25) is 11.8 Å². The van der Waals surface area contributed by atoms with Gasteiger partial charge in [-0.05, 0) is 24.1 Å². The van der Waals surface area contributed by atoms with Crippen LogP contribution < -0.4 is 19.7 Å². The van der Waals surface area contributed by atoms with Crippen molar-refractivity contribution in [3.05, 3.63) is 48.0 Å². The lowest BCUT2D eigenvalue weighted by molar-refractivity contribution is -0.117. The highest BCUT2D eigenvalue weighted by molar-refractivity contribution is 8.00. The summed E-state index contributed by atoms with van der Waals surface area (Å²) in [6.07, 6.45) is 0.446. The van der Waals surface area contributed by atoms with E-state index in [2.05, 4.69) is 5.32 Å². The quantitative estimate of drug-likeness (QED) is 0.724. The molecule has 2 aromatic carbocycles. The van der Waals surface area contributed by atoms with E-state index in [1.165, 1.54) is 11.8 Å². The van der Waals surface area contributed by atoms with Crippen molar-refractivity contribution in [2.75, 3.05) is 30.2 Å². The lowest BCUT2D eigenvalue weighted by Crippen LogP contribution is -2.29. The average molecular weight is 415 g/mol. The molecule has 1 atom stereocenters. The summed E-state index contributed by atoms with van der Waals surface area (Å²) in [7, 11) is 3.16. The van der Waals surface area contributed by atoms with E-state index in [0.29, 0.717) is 29.4 Å². The van der Waals surface area contributed by atoms with E-state index in [4.69, 9.17) is 9.47 Å². The highest BCUT2D eigenvalue weighted by Gasteiger charge is 2.37. The zero-order valence-electron chi connectivity index (χ0n) is 17.1. The number of rotatable bonds is 7. The average Bonchev–Trinajstić information content (AvgIpc) is 3.08. The Hall–Kier alpha value is -2.67. The number of thioether (sulfide) groups is 1. The van der Waals surface area contributed by atoms with Crippen LogP contribution in [0.15, 0.2) is 42.5 Å². The lowest BCUT2D eigenvalue weighted by Gasteiger charge is -2.27. The van der Waals surface area contributed by atoms with Crippen molar-refractivity contribution in [3.8, 4) is 11.5 Å². The number of hydrogen-bond donors (Lipinski definition) is 1. The van der Waals surface area contributed by atoms with Gasteiger partial charge in [0.1, 0.15) is 16.9 Å². The van der Waals surface area contributed by atoms with Gasteiger partial charge >= 0.3 is 0 Å². The second-order valence-electron chi connectivity index (χ2n) is 7.20. The third kappa shape index (κ3) is 4.67. The fourth-order valence-corrected chi connectivity index (χ4v) is 4.50. The predicted molar refractivity (Wildman–Crippen MR) is 117 cm³/mol. The fraction of sp³-hybridized carbons (Fsp3) is 0.364. The number of nitrogens with zero attached hydrogens (tertiary/aromatic N) is 1. The molecule has 2 amide bonds. The minimum absolute atomic E-state index is 0.00761. The van der Waals surface area contributed by atoms with Crippen molar-refractivity contribution in [1.29, 1.82) is 0 Å². The van der Waals surface area contributed by atoms with Gasteiger partial charge in [0, 0.05) is 23.7 Å². The molecular formula is C22H26N2O4S. The van der Waals surface area contributed by atoms with Crippen LogP contribution in [0.2, 0.25) is 0 Å². The van der Waals surface area contributed by atoms with Gasteiger partial charge in [-0.3, -0.25) is 14.5 Å². The number of carbonyl (C=O) groups excluding carboxylic acids is 2. The molecule has 0 bridgehead atoms. The number of ether oxygens (including phenoxy) is 2. The van der Waals surface area contributed by atoms with Crippen LogP contribution in [-0.4, -0.2) is 31.8 Å². The normalized spacial score (nSPS) is 16.2. The second kappa shape index (κ2) is 9.22. The Balaban J connectivity index is 1.97. The van der Waals surface area contributed by atoms with E-state index in [-0.39, 0.29) is 23.1 Å². The molecule has 1 aliphatic rings. The Morgan fingerprint density at radius 3 is 2.66 bits per heavy atom. The number of benzene rings is 2. The fourth-order valence-electron chi connectivity index (χ4n) is 3.30. The lowest BCUT2D eigenvalue weighted by atomic mass is 10.1. The number of carbonyl (C=O) groups is 2. The van der Waals surface area contributed by atoms with Gasteiger partial charge in [-0.15, -0.1) is 11.8 Å². The topological polar surface area (TPSA) is 67.9 Å². The van der Waals surface area contributed by atoms with Gasteiger partial charge < -0.3 is 14.8 Å². The van der Waals surface area contributed by atoms with Gasteiger partial charge in [0.05, 0.1) is 25.7 Å². The molecule has 1 fully saturated rings. The zero-order valence-corrected chi connectivity index (χ0v) is 17.9. The summed E-state index contributed by atoms with van der Waals surface area (Å²) in [6.45, 7) is 4.02. The number of methoxy groups -OCH3 is 2. The van der Waals surface area contributed by atoms with Crippen molar-refractivity contribution < 1.29 is 19.1 Å². The number of hydrogen-bond acceptors (Lipinski definition) is 5. The van der Waals surface area contributed by atoms with Crippen LogP contribution in [-0.2, 0) is 9.59 Å². The van der Waals surface area contributed by atoms with Crippen molar-refractivity contribution in [1.82, 2.24) is 0 Å². The highest BCUT2D eigenvalue weighted by atomic mass is 32.2. The molecule has 7 heteroatoms. The third-order valence-electron chi connectivity index (χ3n) is 4.61. The maximum absolute atomic E-state index is 12.8. The molecule has 1 saturated heterocycles. The summed E-state index contributed by atoms with van der Waals surface area (Å²) in [5.74, 6) is 1.80. The van der Waals surface area contributed by atoms with Crippen LogP contribution >= 0.6 is 11.8 Å². The number of amides is 2.